The second-order valence-corrected chi connectivity index (χ2v) is 5.62. The van der Waals surface area contributed by atoms with E-state index in [0.29, 0.717) is 31.1 Å². The zero-order valence-electron chi connectivity index (χ0n) is 12.3. The van der Waals surface area contributed by atoms with Gasteiger partial charge in [0.2, 0.25) is 0 Å². The predicted molar refractivity (Wildman–Crippen MR) is 76.3 cm³/mol. The van der Waals surface area contributed by atoms with Crippen LogP contribution in [0.1, 0.15) is 30.7 Å². The molecule has 110 valence electrons. The van der Waals surface area contributed by atoms with E-state index in [1.807, 2.05) is 27.7 Å². The lowest BCUT2D eigenvalue weighted by Crippen LogP contribution is -2.49. The molecule has 1 aromatic heterocycles. The van der Waals surface area contributed by atoms with Crippen molar-refractivity contribution in [2.75, 3.05) is 24.6 Å². The van der Waals surface area contributed by atoms with Gasteiger partial charge in [0.05, 0.1) is 23.5 Å². The molecule has 2 rings (SSSR count). The van der Waals surface area contributed by atoms with Crippen molar-refractivity contribution in [2.24, 2.45) is 10.9 Å². The molecule has 20 heavy (non-hydrogen) atoms. The van der Waals surface area contributed by atoms with E-state index in [1.54, 1.807) is 0 Å². The van der Waals surface area contributed by atoms with E-state index in [-0.39, 0.29) is 11.4 Å². The standard InChI is InChI=1S/C13H21N5O2/c1-8-9(2)15-16-12(10(8)11(14)17-19)18-5-6-20-13(3,4)7-18/h19H,5-7H2,1-4H3,(H2,14,17). The molecule has 0 radical (unpaired) electrons. The quantitative estimate of drug-likeness (QED) is 0.360. The van der Waals surface area contributed by atoms with Gasteiger partial charge in [0.1, 0.15) is 0 Å². The van der Waals surface area contributed by atoms with Crippen LogP contribution in [-0.4, -0.2) is 46.5 Å². The van der Waals surface area contributed by atoms with E-state index < -0.39 is 0 Å². The van der Waals surface area contributed by atoms with Gasteiger partial charge in [0.15, 0.2) is 11.7 Å². The van der Waals surface area contributed by atoms with Gasteiger partial charge in [-0.2, -0.15) is 5.10 Å². The summed E-state index contributed by atoms with van der Waals surface area (Å²) in [5.41, 5.74) is 7.82. The number of aromatic nitrogens is 2. The lowest BCUT2D eigenvalue weighted by atomic mass is 10.0. The molecule has 0 aliphatic carbocycles. The zero-order valence-corrected chi connectivity index (χ0v) is 12.3. The number of oxime groups is 1. The molecule has 3 N–H and O–H groups in total. The third-order valence-corrected chi connectivity index (χ3v) is 3.53. The molecule has 2 heterocycles. The van der Waals surface area contributed by atoms with Crippen molar-refractivity contribution in [1.29, 1.82) is 0 Å². The van der Waals surface area contributed by atoms with Gasteiger partial charge in [-0.25, -0.2) is 0 Å². The van der Waals surface area contributed by atoms with Crippen LogP contribution in [0.5, 0.6) is 0 Å². The Labute approximate surface area is 118 Å². The van der Waals surface area contributed by atoms with Gasteiger partial charge >= 0.3 is 0 Å². The maximum Gasteiger partial charge on any atom is 0.174 e. The Balaban J connectivity index is 2.49. The van der Waals surface area contributed by atoms with Crippen molar-refractivity contribution in [1.82, 2.24) is 10.2 Å². The smallest absolute Gasteiger partial charge is 0.174 e. The lowest BCUT2D eigenvalue weighted by molar-refractivity contribution is -0.0279. The van der Waals surface area contributed by atoms with Gasteiger partial charge in [-0.05, 0) is 33.3 Å². The van der Waals surface area contributed by atoms with E-state index in [0.717, 1.165) is 11.3 Å². The summed E-state index contributed by atoms with van der Waals surface area (Å²) in [6, 6.07) is 0. The number of nitrogens with zero attached hydrogens (tertiary/aromatic N) is 4. The van der Waals surface area contributed by atoms with Crippen molar-refractivity contribution < 1.29 is 9.94 Å². The fourth-order valence-electron chi connectivity index (χ4n) is 2.37. The van der Waals surface area contributed by atoms with E-state index in [2.05, 4.69) is 20.3 Å². The van der Waals surface area contributed by atoms with Crippen LogP contribution in [0.2, 0.25) is 0 Å². The highest BCUT2D eigenvalue weighted by Crippen LogP contribution is 2.26. The van der Waals surface area contributed by atoms with Crippen LogP contribution in [0.15, 0.2) is 5.16 Å². The summed E-state index contributed by atoms with van der Waals surface area (Å²) in [6.45, 7) is 9.78. The van der Waals surface area contributed by atoms with Crippen LogP contribution in [-0.2, 0) is 4.74 Å². The third-order valence-electron chi connectivity index (χ3n) is 3.53. The molecule has 0 bridgehead atoms. The number of nitrogens with two attached hydrogens (primary N) is 1. The van der Waals surface area contributed by atoms with Gasteiger partial charge in [-0.1, -0.05) is 5.16 Å². The third kappa shape index (κ3) is 2.67. The SMILES string of the molecule is Cc1nnc(N2CCOC(C)(C)C2)c(/C(N)=N/O)c1C. The molecule has 0 atom stereocenters. The van der Waals surface area contributed by atoms with Crippen LogP contribution < -0.4 is 10.6 Å². The molecule has 7 heteroatoms. The molecule has 0 aromatic carbocycles. The van der Waals surface area contributed by atoms with Gasteiger partial charge in [-0.15, -0.1) is 5.10 Å². The van der Waals surface area contributed by atoms with Crippen molar-refractivity contribution in [3.8, 4) is 0 Å². The molecular weight excluding hydrogens is 258 g/mol. The average Bonchev–Trinajstić information content (AvgIpc) is 2.39. The van der Waals surface area contributed by atoms with E-state index in [9.17, 15) is 0 Å². The number of rotatable bonds is 2. The van der Waals surface area contributed by atoms with Crippen molar-refractivity contribution in [3.05, 3.63) is 16.8 Å². The van der Waals surface area contributed by atoms with E-state index >= 15 is 0 Å². The monoisotopic (exact) mass is 279 g/mol. The van der Waals surface area contributed by atoms with E-state index in [1.165, 1.54) is 0 Å². The van der Waals surface area contributed by atoms with Crippen LogP contribution in [0.3, 0.4) is 0 Å². The number of aryl methyl sites for hydroxylation is 1. The van der Waals surface area contributed by atoms with Crippen molar-refractivity contribution in [2.45, 2.75) is 33.3 Å². The predicted octanol–water partition coefficient (Wildman–Crippen LogP) is 0.803. The molecule has 7 nitrogen and oxygen atoms in total. The summed E-state index contributed by atoms with van der Waals surface area (Å²) in [5, 5.41) is 20.5. The highest BCUT2D eigenvalue weighted by atomic mass is 16.5. The first-order valence-electron chi connectivity index (χ1n) is 6.56. The number of morpholine rings is 1. The zero-order chi connectivity index (χ0) is 14.9. The number of hydrogen-bond donors (Lipinski definition) is 2. The molecule has 1 saturated heterocycles. The maximum atomic E-state index is 9.00. The highest BCUT2D eigenvalue weighted by Gasteiger charge is 2.30. The second-order valence-electron chi connectivity index (χ2n) is 5.62. The summed E-state index contributed by atoms with van der Waals surface area (Å²) in [5.74, 6) is 0.694. The molecule has 0 unspecified atom stereocenters. The van der Waals surface area contributed by atoms with Crippen molar-refractivity contribution >= 4 is 11.7 Å². The molecule has 0 saturated carbocycles. The fraction of sp³-hybridized carbons (Fsp3) is 0.615. The Morgan fingerprint density at radius 2 is 2.10 bits per heavy atom. The van der Waals surface area contributed by atoms with Gasteiger partial charge < -0.3 is 20.6 Å². The Kier molecular flexibility index (Phi) is 3.80. The van der Waals surface area contributed by atoms with Gasteiger partial charge in [0.25, 0.3) is 0 Å². The van der Waals surface area contributed by atoms with Crippen LogP contribution >= 0.6 is 0 Å². The van der Waals surface area contributed by atoms with Crippen LogP contribution in [0.25, 0.3) is 0 Å². The number of hydrogen-bond acceptors (Lipinski definition) is 6. The highest BCUT2D eigenvalue weighted by molar-refractivity contribution is 6.02. The number of amidine groups is 1. The minimum atomic E-state index is -0.263. The fourth-order valence-corrected chi connectivity index (χ4v) is 2.37. The lowest BCUT2D eigenvalue weighted by Gasteiger charge is -2.39. The minimum Gasteiger partial charge on any atom is -0.409 e. The summed E-state index contributed by atoms with van der Waals surface area (Å²) in [6.07, 6.45) is 0. The molecule has 0 spiro atoms. The van der Waals surface area contributed by atoms with Crippen LogP contribution in [0.4, 0.5) is 5.82 Å². The van der Waals surface area contributed by atoms with Gasteiger partial charge in [0, 0.05) is 13.1 Å². The second kappa shape index (κ2) is 5.24. The Morgan fingerprint density at radius 3 is 2.70 bits per heavy atom. The molecule has 1 fully saturated rings. The summed E-state index contributed by atoms with van der Waals surface area (Å²) in [7, 11) is 0. The molecule has 1 aromatic rings. The summed E-state index contributed by atoms with van der Waals surface area (Å²) < 4.78 is 5.70. The van der Waals surface area contributed by atoms with Crippen LogP contribution in [0, 0.1) is 13.8 Å². The summed E-state index contributed by atoms with van der Waals surface area (Å²) >= 11 is 0. The topological polar surface area (TPSA) is 96.9 Å². The molecule has 1 aliphatic rings. The first kappa shape index (κ1) is 14.5. The number of anilines is 1. The Morgan fingerprint density at radius 1 is 1.40 bits per heavy atom. The first-order valence-corrected chi connectivity index (χ1v) is 6.56. The molecule has 1 aliphatic heterocycles. The Bertz CT molecular complexity index is 542. The van der Waals surface area contributed by atoms with Gasteiger partial charge in [-0.3, -0.25) is 0 Å². The van der Waals surface area contributed by atoms with Crippen molar-refractivity contribution in [3.63, 3.8) is 0 Å². The molecule has 0 amide bonds. The largest absolute Gasteiger partial charge is 0.409 e. The number of ether oxygens (including phenoxy) is 1. The average molecular weight is 279 g/mol. The molecular formula is C13H21N5O2. The van der Waals surface area contributed by atoms with E-state index in [4.69, 9.17) is 15.7 Å². The summed E-state index contributed by atoms with van der Waals surface area (Å²) in [4.78, 5) is 2.07. The first-order chi connectivity index (χ1) is 9.35. The normalized spacial score (nSPS) is 19.2. The Hall–Kier alpha value is -1.89. The minimum absolute atomic E-state index is 0.0554. The maximum absolute atomic E-state index is 9.00.